The molecule has 116 valence electrons. The van der Waals surface area contributed by atoms with Gasteiger partial charge < -0.3 is 10.6 Å². The lowest BCUT2D eigenvalue weighted by Gasteiger charge is -2.33. The molecule has 3 atom stereocenters. The van der Waals surface area contributed by atoms with Crippen molar-refractivity contribution >= 4 is 16.8 Å². The molecule has 0 radical (unpaired) electrons. The van der Waals surface area contributed by atoms with Gasteiger partial charge in [-0.1, -0.05) is 13.3 Å². The summed E-state index contributed by atoms with van der Waals surface area (Å²) in [7, 11) is -0.654. The number of hydrogen-bond donors (Lipinski definition) is 2. The second kappa shape index (κ2) is 8.01. The normalized spacial score (nSPS) is 29.6. The van der Waals surface area contributed by atoms with Crippen molar-refractivity contribution in [2.75, 3.05) is 12.3 Å². The fourth-order valence-electron chi connectivity index (χ4n) is 2.98. The minimum absolute atomic E-state index is 0.373. The van der Waals surface area contributed by atoms with Gasteiger partial charge in [-0.15, -0.1) is 0 Å². The molecule has 0 heterocycles. The van der Waals surface area contributed by atoms with Gasteiger partial charge in [-0.2, -0.15) is 0 Å². The Balaban J connectivity index is 1.85. The molecular formula is C15H29N3OS. The van der Waals surface area contributed by atoms with Gasteiger partial charge in [-0.3, -0.25) is 9.20 Å². The first kappa shape index (κ1) is 15.8. The van der Waals surface area contributed by atoms with Crippen LogP contribution in [0.3, 0.4) is 0 Å². The van der Waals surface area contributed by atoms with E-state index in [1.807, 2.05) is 6.92 Å². The minimum Gasteiger partial charge on any atom is -0.354 e. The first-order valence-electron chi connectivity index (χ1n) is 8.17. The average molecular weight is 299 g/mol. The van der Waals surface area contributed by atoms with Crippen LogP contribution in [0.2, 0.25) is 0 Å². The van der Waals surface area contributed by atoms with Crippen molar-refractivity contribution in [2.24, 2.45) is 4.99 Å². The SMILES string of the molecule is CCN=C(NC1CCC1)NC1CCCC(S(=O)CC)C1. The predicted molar refractivity (Wildman–Crippen MR) is 86.6 cm³/mol. The van der Waals surface area contributed by atoms with E-state index in [-0.39, 0.29) is 0 Å². The molecule has 0 amide bonds. The van der Waals surface area contributed by atoms with Gasteiger partial charge in [0.15, 0.2) is 5.96 Å². The molecule has 0 aromatic heterocycles. The third-order valence-corrected chi connectivity index (χ3v) is 6.13. The van der Waals surface area contributed by atoms with Crippen LogP contribution in [0.1, 0.15) is 58.8 Å². The van der Waals surface area contributed by atoms with Crippen molar-refractivity contribution < 1.29 is 4.21 Å². The summed E-state index contributed by atoms with van der Waals surface area (Å²) in [5, 5.41) is 7.47. The van der Waals surface area contributed by atoms with E-state index in [9.17, 15) is 4.21 Å². The van der Waals surface area contributed by atoms with Crippen molar-refractivity contribution in [3.05, 3.63) is 0 Å². The van der Waals surface area contributed by atoms with Crippen LogP contribution >= 0.6 is 0 Å². The maximum absolute atomic E-state index is 12.0. The van der Waals surface area contributed by atoms with Crippen molar-refractivity contribution in [3.63, 3.8) is 0 Å². The van der Waals surface area contributed by atoms with Gasteiger partial charge >= 0.3 is 0 Å². The summed E-state index contributed by atoms with van der Waals surface area (Å²) < 4.78 is 12.0. The third kappa shape index (κ3) is 4.47. The molecule has 0 saturated heterocycles. The van der Waals surface area contributed by atoms with Gasteiger partial charge in [0.1, 0.15) is 0 Å². The monoisotopic (exact) mass is 299 g/mol. The zero-order valence-corrected chi connectivity index (χ0v) is 13.7. The predicted octanol–water partition coefficient (Wildman–Crippen LogP) is 2.17. The van der Waals surface area contributed by atoms with Gasteiger partial charge in [0.2, 0.25) is 0 Å². The second-order valence-electron chi connectivity index (χ2n) is 5.89. The molecule has 2 aliphatic rings. The van der Waals surface area contributed by atoms with Gasteiger partial charge in [0, 0.05) is 40.4 Å². The zero-order valence-electron chi connectivity index (χ0n) is 12.9. The summed E-state index contributed by atoms with van der Waals surface area (Å²) in [6.07, 6.45) is 8.35. The molecule has 2 aliphatic carbocycles. The number of guanidine groups is 1. The summed E-state index contributed by atoms with van der Waals surface area (Å²) in [5.74, 6) is 1.75. The topological polar surface area (TPSA) is 53.5 Å². The van der Waals surface area contributed by atoms with Crippen LogP contribution in [0.25, 0.3) is 0 Å². The van der Waals surface area contributed by atoms with E-state index in [4.69, 9.17) is 0 Å². The highest BCUT2D eigenvalue weighted by molar-refractivity contribution is 7.85. The number of hydrogen-bond acceptors (Lipinski definition) is 2. The third-order valence-electron chi connectivity index (χ3n) is 4.39. The van der Waals surface area contributed by atoms with E-state index in [0.29, 0.717) is 17.3 Å². The Kier molecular flexibility index (Phi) is 6.33. The Morgan fingerprint density at radius 1 is 1.10 bits per heavy atom. The Bertz CT molecular complexity index is 355. The van der Waals surface area contributed by atoms with Crippen molar-refractivity contribution in [2.45, 2.75) is 76.1 Å². The molecule has 2 N–H and O–H groups in total. The smallest absolute Gasteiger partial charge is 0.191 e. The van der Waals surface area contributed by atoms with E-state index in [1.54, 1.807) is 0 Å². The Morgan fingerprint density at radius 3 is 2.35 bits per heavy atom. The molecule has 5 heteroatoms. The second-order valence-corrected chi connectivity index (χ2v) is 7.90. The highest BCUT2D eigenvalue weighted by atomic mass is 32.2. The standard InChI is InChI=1S/C15H29N3OS/c1-3-16-15(17-12-7-5-8-12)18-13-9-6-10-14(11-13)20(19)4-2/h12-14H,3-11H2,1-2H3,(H2,16,17,18). The summed E-state index contributed by atoms with van der Waals surface area (Å²) >= 11 is 0. The van der Waals surface area contributed by atoms with Crippen LogP contribution in [0.5, 0.6) is 0 Å². The molecule has 0 aliphatic heterocycles. The summed E-state index contributed by atoms with van der Waals surface area (Å²) in [6.45, 7) is 4.90. The summed E-state index contributed by atoms with van der Waals surface area (Å²) in [5.41, 5.74) is 0. The lowest BCUT2D eigenvalue weighted by molar-refractivity contribution is 0.368. The lowest BCUT2D eigenvalue weighted by atomic mass is 9.93. The molecule has 2 saturated carbocycles. The summed E-state index contributed by atoms with van der Waals surface area (Å²) in [6, 6.07) is 1.04. The molecule has 0 spiro atoms. The Labute approximate surface area is 125 Å². The maximum atomic E-state index is 12.0. The van der Waals surface area contributed by atoms with E-state index in [1.165, 1.54) is 32.1 Å². The molecule has 0 aromatic rings. The first-order chi connectivity index (χ1) is 9.72. The van der Waals surface area contributed by atoms with Crippen LogP contribution in [0.4, 0.5) is 0 Å². The molecule has 2 fully saturated rings. The van der Waals surface area contributed by atoms with Crippen LogP contribution in [0.15, 0.2) is 4.99 Å². The van der Waals surface area contributed by atoms with Gasteiger partial charge in [0.05, 0.1) is 0 Å². The molecule has 0 aromatic carbocycles. The van der Waals surface area contributed by atoms with Gasteiger partial charge in [-0.05, 0) is 45.4 Å². The number of aliphatic imine (C=N–C) groups is 1. The zero-order chi connectivity index (χ0) is 14.4. The first-order valence-corrected chi connectivity index (χ1v) is 9.55. The molecule has 20 heavy (non-hydrogen) atoms. The van der Waals surface area contributed by atoms with E-state index in [2.05, 4.69) is 22.5 Å². The van der Waals surface area contributed by atoms with Crippen molar-refractivity contribution in [3.8, 4) is 0 Å². The van der Waals surface area contributed by atoms with Gasteiger partial charge in [0.25, 0.3) is 0 Å². The van der Waals surface area contributed by atoms with Crippen LogP contribution in [-0.2, 0) is 10.8 Å². The highest BCUT2D eigenvalue weighted by Gasteiger charge is 2.27. The van der Waals surface area contributed by atoms with E-state index in [0.717, 1.165) is 31.1 Å². The molecule has 0 bridgehead atoms. The molecular weight excluding hydrogens is 270 g/mol. The number of rotatable bonds is 5. The molecule has 2 rings (SSSR count). The largest absolute Gasteiger partial charge is 0.354 e. The van der Waals surface area contributed by atoms with Crippen molar-refractivity contribution in [1.29, 1.82) is 0 Å². The average Bonchev–Trinajstić information content (AvgIpc) is 2.42. The van der Waals surface area contributed by atoms with E-state index >= 15 is 0 Å². The molecule has 3 unspecified atom stereocenters. The maximum Gasteiger partial charge on any atom is 0.191 e. The fraction of sp³-hybridized carbons (Fsp3) is 0.933. The fourth-order valence-corrected chi connectivity index (χ4v) is 4.33. The number of nitrogens with zero attached hydrogens (tertiary/aromatic N) is 1. The summed E-state index contributed by atoms with van der Waals surface area (Å²) in [4.78, 5) is 4.55. The minimum atomic E-state index is -0.654. The van der Waals surface area contributed by atoms with Crippen LogP contribution in [0, 0.1) is 0 Å². The van der Waals surface area contributed by atoms with Crippen LogP contribution in [-0.4, -0.2) is 39.8 Å². The van der Waals surface area contributed by atoms with Crippen molar-refractivity contribution in [1.82, 2.24) is 10.6 Å². The van der Waals surface area contributed by atoms with E-state index < -0.39 is 10.8 Å². The highest BCUT2D eigenvalue weighted by Crippen LogP contribution is 2.23. The quantitative estimate of drug-likeness (QED) is 0.604. The lowest BCUT2D eigenvalue weighted by Crippen LogP contribution is -2.51. The molecule has 4 nitrogen and oxygen atoms in total. The van der Waals surface area contributed by atoms with Crippen LogP contribution < -0.4 is 10.6 Å². The Hall–Kier alpha value is -0.580. The number of nitrogens with one attached hydrogen (secondary N) is 2. The Morgan fingerprint density at radius 2 is 1.75 bits per heavy atom. The van der Waals surface area contributed by atoms with Gasteiger partial charge in [-0.25, -0.2) is 0 Å².